The second-order valence-electron chi connectivity index (χ2n) is 7.88. The molecule has 1 amide bonds. The Morgan fingerprint density at radius 2 is 1.81 bits per heavy atom. The summed E-state index contributed by atoms with van der Waals surface area (Å²) in [5.74, 6) is 1.22. The molecule has 1 aliphatic heterocycles. The highest BCUT2D eigenvalue weighted by Crippen LogP contribution is 2.45. The summed E-state index contributed by atoms with van der Waals surface area (Å²) in [5, 5.41) is 10.4. The first-order valence-corrected chi connectivity index (χ1v) is 9.88. The Hall–Kier alpha value is -2.33. The van der Waals surface area contributed by atoms with Gasteiger partial charge in [0.05, 0.1) is 12.0 Å². The quantitative estimate of drug-likeness (QED) is 0.851. The molecule has 1 N–H and O–H groups in total. The smallest absolute Gasteiger partial charge is 0.227 e. The van der Waals surface area contributed by atoms with Crippen LogP contribution >= 0.6 is 0 Å². The Labute approximate surface area is 160 Å². The first-order valence-electron chi connectivity index (χ1n) is 9.88. The van der Waals surface area contributed by atoms with Crippen molar-refractivity contribution in [2.45, 2.75) is 44.3 Å². The van der Waals surface area contributed by atoms with Gasteiger partial charge in [0.2, 0.25) is 5.91 Å². The summed E-state index contributed by atoms with van der Waals surface area (Å²) in [4.78, 5) is 14.6. The van der Waals surface area contributed by atoms with Crippen LogP contribution in [-0.2, 0) is 17.8 Å². The second-order valence-corrected chi connectivity index (χ2v) is 7.88. The number of aliphatic hydroxyl groups is 1. The van der Waals surface area contributed by atoms with E-state index in [1.807, 2.05) is 59.5 Å². The Morgan fingerprint density at radius 1 is 1.07 bits per heavy atom. The Kier molecular flexibility index (Phi) is 5.17. The zero-order valence-corrected chi connectivity index (χ0v) is 15.6. The molecule has 142 valence electrons. The summed E-state index contributed by atoms with van der Waals surface area (Å²) < 4.78 is 5.80. The van der Waals surface area contributed by atoms with Gasteiger partial charge in [0.15, 0.2) is 0 Å². The third-order valence-electron chi connectivity index (χ3n) is 5.82. The SMILES string of the molecule is O=C(Cc1ccc(OCc2ccccc2)cc1)N1CCCC(C2(O)CC2)C1. The van der Waals surface area contributed by atoms with Crippen LogP contribution in [0.4, 0.5) is 0 Å². The first-order chi connectivity index (χ1) is 13.1. The molecule has 27 heavy (non-hydrogen) atoms. The highest BCUT2D eigenvalue weighted by molar-refractivity contribution is 5.79. The number of likely N-dealkylation sites (tertiary alicyclic amines) is 1. The summed E-state index contributed by atoms with van der Waals surface area (Å²) >= 11 is 0. The van der Waals surface area contributed by atoms with Crippen LogP contribution in [-0.4, -0.2) is 34.6 Å². The number of rotatable bonds is 6. The summed E-state index contributed by atoms with van der Waals surface area (Å²) in [5.41, 5.74) is 1.64. The van der Waals surface area contributed by atoms with Gasteiger partial charge in [0.25, 0.3) is 0 Å². The number of carbonyl (C=O) groups excluding carboxylic acids is 1. The van der Waals surface area contributed by atoms with Crippen molar-refractivity contribution in [2.75, 3.05) is 13.1 Å². The third kappa shape index (κ3) is 4.51. The van der Waals surface area contributed by atoms with Crippen LogP contribution < -0.4 is 4.74 Å². The average molecular weight is 365 g/mol. The van der Waals surface area contributed by atoms with Gasteiger partial charge in [-0.2, -0.15) is 0 Å². The second kappa shape index (κ2) is 7.73. The van der Waals surface area contributed by atoms with Crippen LogP contribution in [0.2, 0.25) is 0 Å². The third-order valence-corrected chi connectivity index (χ3v) is 5.82. The zero-order chi connectivity index (χ0) is 18.7. The van der Waals surface area contributed by atoms with E-state index in [0.29, 0.717) is 19.6 Å². The fourth-order valence-electron chi connectivity index (χ4n) is 3.91. The van der Waals surface area contributed by atoms with Gasteiger partial charge >= 0.3 is 0 Å². The van der Waals surface area contributed by atoms with Crippen molar-refractivity contribution in [3.05, 3.63) is 65.7 Å². The molecular formula is C23H27NO3. The lowest BCUT2D eigenvalue weighted by atomic mass is 9.90. The van der Waals surface area contributed by atoms with Crippen molar-refractivity contribution < 1.29 is 14.6 Å². The van der Waals surface area contributed by atoms with Crippen LogP contribution in [0.3, 0.4) is 0 Å². The summed E-state index contributed by atoms with van der Waals surface area (Å²) in [6, 6.07) is 17.9. The van der Waals surface area contributed by atoms with Gasteiger partial charge in [-0.25, -0.2) is 0 Å². The van der Waals surface area contributed by atoms with Crippen molar-refractivity contribution in [1.29, 1.82) is 0 Å². The number of benzene rings is 2. The average Bonchev–Trinajstić information content (AvgIpc) is 3.47. The van der Waals surface area contributed by atoms with Crippen LogP contribution in [0.1, 0.15) is 36.8 Å². The molecule has 2 aromatic rings. The van der Waals surface area contributed by atoms with Crippen molar-refractivity contribution in [2.24, 2.45) is 5.92 Å². The number of amides is 1. The molecular weight excluding hydrogens is 338 g/mol. The molecule has 0 spiro atoms. The van der Waals surface area contributed by atoms with Gasteiger partial charge in [-0.1, -0.05) is 42.5 Å². The molecule has 2 fully saturated rings. The van der Waals surface area contributed by atoms with E-state index in [-0.39, 0.29) is 11.8 Å². The fraction of sp³-hybridized carbons (Fsp3) is 0.435. The number of hydrogen-bond donors (Lipinski definition) is 1. The molecule has 2 aromatic carbocycles. The lowest BCUT2D eigenvalue weighted by Crippen LogP contribution is -2.44. The maximum absolute atomic E-state index is 12.7. The van der Waals surface area contributed by atoms with E-state index in [4.69, 9.17) is 4.74 Å². The van der Waals surface area contributed by atoms with Crippen LogP contribution in [0.5, 0.6) is 5.75 Å². The predicted octanol–water partition coefficient (Wildman–Crippen LogP) is 3.57. The van der Waals surface area contributed by atoms with Crippen molar-refractivity contribution in [1.82, 2.24) is 4.90 Å². The largest absolute Gasteiger partial charge is 0.489 e. The van der Waals surface area contributed by atoms with E-state index in [1.165, 1.54) is 0 Å². The molecule has 4 heteroatoms. The normalized spacial score (nSPS) is 20.9. The van der Waals surface area contributed by atoms with Gasteiger partial charge in [-0.15, -0.1) is 0 Å². The number of ether oxygens (including phenoxy) is 1. The molecule has 4 nitrogen and oxygen atoms in total. The van der Waals surface area contributed by atoms with E-state index >= 15 is 0 Å². The van der Waals surface area contributed by atoms with E-state index in [9.17, 15) is 9.90 Å². The first kappa shape index (κ1) is 18.1. The Morgan fingerprint density at radius 3 is 2.52 bits per heavy atom. The lowest BCUT2D eigenvalue weighted by molar-refractivity contribution is -0.133. The Balaban J connectivity index is 1.29. The monoisotopic (exact) mass is 365 g/mol. The molecule has 0 bridgehead atoms. The topological polar surface area (TPSA) is 49.8 Å². The molecule has 1 saturated carbocycles. The molecule has 0 radical (unpaired) electrons. The minimum Gasteiger partial charge on any atom is -0.489 e. The highest BCUT2D eigenvalue weighted by Gasteiger charge is 2.48. The van der Waals surface area contributed by atoms with Gasteiger partial charge in [0.1, 0.15) is 12.4 Å². The summed E-state index contributed by atoms with van der Waals surface area (Å²) in [6.07, 6.45) is 4.22. The molecule has 1 atom stereocenters. The molecule has 1 aliphatic carbocycles. The van der Waals surface area contributed by atoms with E-state index < -0.39 is 5.60 Å². The van der Waals surface area contributed by atoms with Crippen molar-refractivity contribution in [3.63, 3.8) is 0 Å². The lowest BCUT2D eigenvalue weighted by Gasteiger charge is -2.35. The number of hydrogen-bond acceptors (Lipinski definition) is 3. The number of piperidine rings is 1. The molecule has 1 saturated heterocycles. The van der Waals surface area contributed by atoms with E-state index in [0.717, 1.165) is 49.1 Å². The Bertz CT molecular complexity index is 768. The van der Waals surface area contributed by atoms with Crippen molar-refractivity contribution >= 4 is 5.91 Å². The van der Waals surface area contributed by atoms with Gasteiger partial charge in [0, 0.05) is 19.0 Å². The molecule has 1 heterocycles. The summed E-state index contributed by atoms with van der Waals surface area (Å²) in [7, 11) is 0. The van der Waals surface area contributed by atoms with Gasteiger partial charge in [-0.3, -0.25) is 4.79 Å². The minimum absolute atomic E-state index is 0.155. The predicted molar refractivity (Wildman–Crippen MR) is 104 cm³/mol. The minimum atomic E-state index is -0.489. The van der Waals surface area contributed by atoms with Crippen LogP contribution in [0.15, 0.2) is 54.6 Å². The molecule has 4 rings (SSSR count). The molecule has 2 aliphatic rings. The van der Waals surface area contributed by atoms with E-state index in [2.05, 4.69) is 0 Å². The fourth-order valence-corrected chi connectivity index (χ4v) is 3.91. The highest BCUT2D eigenvalue weighted by atomic mass is 16.5. The molecule has 1 unspecified atom stereocenters. The maximum atomic E-state index is 12.7. The van der Waals surface area contributed by atoms with Gasteiger partial charge in [-0.05, 0) is 48.9 Å². The van der Waals surface area contributed by atoms with Gasteiger partial charge < -0.3 is 14.7 Å². The maximum Gasteiger partial charge on any atom is 0.227 e. The van der Waals surface area contributed by atoms with Crippen LogP contribution in [0.25, 0.3) is 0 Å². The standard InChI is InChI=1S/C23H27NO3/c25-22(24-14-4-7-20(16-24)23(26)12-13-23)15-18-8-10-21(11-9-18)27-17-19-5-2-1-3-6-19/h1-3,5-6,8-11,20,26H,4,7,12-17H2. The van der Waals surface area contributed by atoms with Crippen molar-refractivity contribution in [3.8, 4) is 5.75 Å². The summed E-state index contributed by atoms with van der Waals surface area (Å²) in [6.45, 7) is 2.05. The zero-order valence-electron chi connectivity index (χ0n) is 15.6. The van der Waals surface area contributed by atoms with E-state index in [1.54, 1.807) is 0 Å². The number of nitrogens with zero attached hydrogens (tertiary/aromatic N) is 1. The molecule has 0 aromatic heterocycles. The van der Waals surface area contributed by atoms with Crippen LogP contribution in [0, 0.1) is 5.92 Å². The number of carbonyl (C=O) groups is 1.